The molecule has 0 aliphatic carbocycles. The number of piperidine rings is 1. The van der Waals surface area contributed by atoms with Gasteiger partial charge >= 0.3 is 12.1 Å². The summed E-state index contributed by atoms with van der Waals surface area (Å²) in [5.74, 6) is 0.637. The molecule has 0 spiro atoms. The maximum Gasteiger partial charge on any atom is 0.407 e. The lowest BCUT2D eigenvalue weighted by atomic mass is 9.96. The van der Waals surface area contributed by atoms with Gasteiger partial charge in [0.25, 0.3) is 0 Å². The number of para-hydroxylation sites is 1. The number of phenolic OH excluding ortho intramolecular Hbond substituents is 1. The number of alkyl carbamates (subject to hydrolysis) is 1. The van der Waals surface area contributed by atoms with Crippen molar-refractivity contribution in [2.75, 3.05) is 68.7 Å². The predicted molar refractivity (Wildman–Crippen MR) is 264 cm³/mol. The summed E-state index contributed by atoms with van der Waals surface area (Å²) in [5, 5.41) is 20.2. The fourth-order valence-corrected chi connectivity index (χ4v) is 11.1. The number of phenols is 1. The van der Waals surface area contributed by atoms with E-state index in [1.54, 1.807) is 6.07 Å². The SMILES string of the molecule is C#Cc1c(F)ccc2cc(O)cc(-c3ncc4c(N5CC6CCC(C5)N6)nc(OC)nc4c3F)c12.CN(C)c1c(CCCNC(=O)OCC2CCC3CCCN32)cccc1N(C=O)C1CCC(=O)NC1=O. The first-order chi connectivity index (χ1) is 34.3. The summed E-state index contributed by atoms with van der Waals surface area (Å²) in [5.41, 5.74) is 2.51. The summed E-state index contributed by atoms with van der Waals surface area (Å²) in [6.45, 7) is 3.49. The van der Waals surface area contributed by atoms with Crippen molar-refractivity contribution >= 4 is 63.2 Å². The van der Waals surface area contributed by atoms with Gasteiger partial charge < -0.3 is 39.9 Å². The smallest absolute Gasteiger partial charge is 0.407 e. The van der Waals surface area contributed by atoms with Crippen LogP contribution in [-0.4, -0.2) is 133 Å². The Morgan fingerprint density at radius 3 is 2.59 bits per heavy atom. The molecule has 5 aromatic rings. The molecule has 3 aromatic carbocycles. The molecular weight excluding hydrogens is 915 g/mol. The number of carbonyl (C=O) groups is 4. The monoisotopic (exact) mass is 972 g/mol. The molecule has 5 atom stereocenters. The van der Waals surface area contributed by atoms with Crippen LogP contribution in [0.2, 0.25) is 0 Å². The van der Waals surface area contributed by atoms with Gasteiger partial charge in [0.05, 0.1) is 29.4 Å². The average molecular weight is 973 g/mol. The lowest BCUT2D eigenvalue weighted by molar-refractivity contribution is -0.134. The van der Waals surface area contributed by atoms with E-state index >= 15 is 4.39 Å². The number of hydrogen-bond acceptors (Lipinski definition) is 14. The number of amides is 4. The molecule has 10 rings (SSSR count). The molecule has 2 bridgehead atoms. The minimum atomic E-state index is -0.735. The number of fused-ring (bicyclic) bond motifs is 5. The number of pyridine rings is 1. The Bertz CT molecular complexity index is 2900. The van der Waals surface area contributed by atoms with Crippen LogP contribution in [0.1, 0.15) is 68.9 Å². The van der Waals surface area contributed by atoms with E-state index in [9.17, 15) is 28.7 Å². The number of imide groups is 1. The van der Waals surface area contributed by atoms with Gasteiger partial charge in [0, 0.05) is 81.5 Å². The lowest BCUT2D eigenvalue weighted by Crippen LogP contribution is -2.52. The maximum absolute atomic E-state index is 16.1. The molecule has 2 aromatic heterocycles. The number of aryl methyl sites for hydroxylation is 1. The van der Waals surface area contributed by atoms with Crippen LogP contribution in [0.3, 0.4) is 0 Å². The van der Waals surface area contributed by atoms with Crippen molar-refractivity contribution in [3.8, 4) is 35.4 Å². The number of hydrogen-bond donors (Lipinski definition) is 4. The van der Waals surface area contributed by atoms with Crippen LogP contribution in [0.5, 0.6) is 11.8 Å². The molecule has 71 heavy (non-hydrogen) atoms. The van der Waals surface area contributed by atoms with E-state index in [0.717, 1.165) is 50.1 Å². The number of ether oxygens (including phenoxy) is 2. The summed E-state index contributed by atoms with van der Waals surface area (Å²) < 4.78 is 41.4. The number of aromatic nitrogens is 3. The van der Waals surface area contributed by atoms with Gasteiger partial charge in [-0.05, 0) is 99.5 Å². The van der Waals surface area contributed by atoms with Crippen LogP contribution < -0.4 is 35.4 Å². The fraction of sp³-hybridized carbons (Fsp3) is 0.442. The molecule has 5 fully saturated rings. The number of piperazine rings is 1. The zero-order valence-corrected chi connectivity index (χ0v) is 40.0. The zero-order chi connectivity index (χ0) is 49.9. The normalized spacial score (nSPS) is 21.5. The van der Waals surface area contributed by atoms with E-state index in [1.807, 2.05) is 31.1 Å². The van der Waals surface area contributed by atoms with E-state index < -0.39 is 23.6 Å². The van der Waals surface area contributed by atoms with E-state index in [1.165, 1.54) is 61.7 Å². The number of halogens is 2. The van der Waals surface area contributed by atoms with Crippen molar-refractivity contribution in [3.63, 3.8) is 0 Å². The third-order valence-electron chi connectivity index (χ3n) is 14.3. The van der Waals surface area contributed by atoms with Gasteiger partial charge in [0.2, 0.25) is 18.2 Å². The molecule has 0 saturated carbocycles. The molecule has 5 aliphatic heterocycles. The highest BCUT2D eigenvalue weighted by molar-refractivity contribution is 6.05. The third-order valence-corrected chi connectivity index (χ3v) is 14.3. The Morgan fingerprint density at radius 2 is 1.86 bits per heavy atom. The number of benzene rings is 3. The topological polar surface area (TPSA) is 195 Å². The molecule has 5 unspecified atom stereocenters. The van der Waals surface area contributed by atoms with Crippen LogP contribution in [0, 0.1) is 24.0 Å². The highest BCUT2D eigenvalue weighted by atomic mass is 19.1. The number of methoxy groups -OCH3 is 1. The first-order valence-corrected chi connectivity index (χ1v) is 24.2. The number of nitrogens with zero attached hydrogens (tertiary/aromatic N) is 7. The van der Waals surface area contributed by atoms with Crippen molar-refractivity contribution in [2.45, 2.75) is 94.4 Å². The number of aromatic hydroxyl groups is 1. The molecule has 5 aliphatic rings. The van der Waals surface area contributed by atoms with E-state index in [-0.39, 0.29) is 64.3 Å². The Balaban J connectivity index is 0.000000176. The van der Waals surface area contributed by atoms with E-state index in [4.69, 9.17) is 15.9 Å². The average Bonchev–Trinajstić information content (AvgIpc) is 4.09. The van der Waals surface area contributed by atoms with Gasteiger partial charge in [-0.2, -0.15) is 9.97 Å². The Labute approximate surface area is 410 Å². The molecule has 4 amide bonds. The molecule has 0 radical (unpaired) electrons. The molecular formula is C52H58F2N10O7. The quantitative estimate of drug-likeness (QED) is 0.0496. The van der Waals surface area contributed by atoms with Crippen LogP contribution in [-0.2, 0) is 25.5 Å². The van der Waals surface area contributed by atoms with Crippen molar-refractivity contribution in [3.05, 3.63) is 71.4 Å². The molecule has 19 heteroatoms. The zero-order valence-electron chi connectivity index (χ0n) is 40.0. The Kier molecular flexibility index (Phi) is 14.5. The van der Waals surface area contributed by atoms with Crippen molar-refractivity contribution in [1.82, 2.24) is 35.8 Å². The Hall–Kier alpha value is -7.17. The largest absolute Gasteiger partial charge is 0.508 e. The Morgan fingerprint density at radius 1 is 1.06 bits per heavy atom. The van der Waals surface area contributed by atoms with E-state index in [0.29, 0.717) is 78.8 Å². The van der Waals surface area contributed by atoms with Gasteiger partial charge in [0.15, 0.2) is 5.82 Å². The van der Waals surface area contributed by atoms with Gasteiger partial charge in [-0.3, -0.25) is 29.6 Å². The molecule has 5 saturated heterocycles. The van der Waals surface area contributed by atoms with Crippen molar-refractivity contribution in [1.29, 1.82) is 0 Å². The summed E-state index contributed by atoms with van der Waals surface area (Å²) in [4.78, 5) is 69.4. The number of nitrogens with one attached hydrogen (secondary N) is 3. The molecule has 17 nitrogen and oxygen atoms in total. The number of carbonyl (C=O) groups excluding carboxylic acids is 4. The summed E-state index contributed by atoms with van der Waals surface area (Å²) in [6, 6.07) is 12.1. The molecule has 4 N–H and O–H groups in total. The first-order valence-electron chi connectivity index (χ1n) is 24.2. The molecule has 7 heterocycles. The second-order valence-electron chi connectivity index (χ2n) is 19.0. The number of rotatable bonds is 13. The minimum absolute atomic E-state index is 0.0258. The van der Waals surface area contributed by atoms with Gasteiger partial charge in [-0.15, -0.1) is 6.42 Å². The predicted octanol–water partition coefficient (Wildman–Crippen LogP) is 5.57. The fourth-order valence-electron chi connectivity index (χ4n) is 11.1. The summed E-state index contributed by atoms with van der Waals surface area (Å²) in [7, 11) is 5.20. The van der Waals surface area contributed by atoms with Crippen LogP contribution in [0.15, 0.2) is 48.7 Å². The van der Waals surface area contributed by atoms with Crippen LogP contribution in [0.25, 0.3) is 32.9 Å². The highest BCUT2D eigenvalue weighted by Gasteiger charge is 2.38. The minimum Gasteiger partial charge on any atom is -0.508 e. The highest BCUT2D eigenvalue weighted by Crippen LogP contribution is 2.40. The maximum atomic E-state index is 16.1. The van der Waals surface area contributed by atoms with Crippen LogP contribution in [0.4, 0.5) is 30.8 Å². The van der Waals surface area contributed by atoms with Crippen molar-refractivity contribution in [2.24, 2.45) is 0 Å². The standard InChI is InChI=1S/C26H21F2N5O2.C26H37N5O5/c1-3-17-20(27)7-4-13-8-16(34)9-18(21(13)17)23-22(28)24-19(10-29-23)25(32-26(31-24)35-2)33-11-14-5-6-15(12-33)30-14;1-29(2)24-18(6-3-9-21(24)31(17-32)22-12-13-23(33)28-25(22)34)7-4-14-27-26(35)36-16-20-11-10-19-8-5-15-30(19)20/h1,4,7-10,14-15,30,34H,5-6,11-12H2,2H3;3,6,9,17,19-20,22H,4-5,7-8,10-16H2,1-2H3,(H,27,35)(H,28,33,34). The van der Waals surface area contributed by atoms with Crippen molar-refractivity contribution < 1.29 is 42.5 Å². The second kappa shape index (κ2) is 21.0. The van der Waals surface area contributed by atoms with Gasteiger partial charge in [-0.25, -0.2) is 13.6 Å². The lowest BCUT2D eigenvalue weighted by Gasteiger charge is -2.34. The summed E-state index contributed by atoms with van der Waals surface area (Å²) in [6.07, 6.45) is 16.2. The van der Waals surface area contributed by atoms with Gasteiger partial charge in [0.1, 0.15) is 41.2 Å². The number of terminal acetylenes is 1. The number of anilines is 3. The molecule has 372 valence electrons. The van der Waals surface area contributed by atoms with E-state index in [2.05, 4.69) is 46.6 Å². The third kappa shape index (κ3) is 10.1. The summed E-state index contributed by atoms with van der Waals surface area (Å²) >= 11 is 0. The van der Waals surface area contributed by atoms with Gasteiger partial charge in [-0.1, -0.05) is 24.1 Å². The van der Waals surface area contributed by atoms with Crippen LogP contribution >= 0.6 is 0 Å². The second-order valence-corrected chi connectivity index (χ2v) is 19.0. The first kappa shape index (κ1) is 48.8.